The molecule has 0 bridgehead atoms. The van der Waals surface area contributed by atoms with Crippen molar-refractivity contribution in [3.63, 3.8) is 0 Å². The molecule has 42 heavy (non-hydrogen) atoms. The number of pyridine rings is 1. The van der Waals surface area contributed by atoms with Crippen LogP contribution in [0.25, 0.3) is 0 Å². The summed E-state index contributed by atoms with van der Waals surface area (Å²) in [5.41, 5.74) is -0.541. The number of aromatic nitrogens is 1. The number of carbonyl (C=O) groups excluding carboxylic acids is 5. The summed E-state index contributed by atoms with van der Waals surface area (Å²) in [6.07, 6.45) is 11.1. The first-order valence-corrected chi connectivity index (χ1v) is 15.7. The fraction of sp³-hybridized carbons (Fsp3) is 0.613. The van der Waals surface area contributed by atoms with Gasteiger partial charge in [-0.1, -0.05) is 70.4 Å². The summed E-state index contributed by atoms with van der Waals surface area (Å²) >= 11 is 1.28. The van der Waals surface area contributed by atoms with Gasteiger partial charge in [0.25, 0.3) is 0 Å². The quantitative estimate of drug-likeness (QED) is 0.0819. The Morgan fingerprint density at radius 3 is 2.48 bits per heavy atom. The molecule has 0 saturated carbocycles. The van der Waals surface area contributed by atoms with Gasteiger partial charge < -0.3 is 20.7 Å². The van der Waals surface area contributed by atoms with E-state index in [4.69, 9.17) is 4.74 Å². The Balaban J connectivity index is 2.80. The highest BCUT2D eigenvalue weighted by atomic mass is 32.2. The smallest absolute Gasteiger partial charge is 0.329 e. The van der Waals surface area contributed by atoms with Crippen molar-refractivity contribution in [3.8, 4) is 0 Å². The first-order chi connectivity index (χ1) is 20.0. The predicted octanol–water partition coefficient (Wildman–Crippen LogP) is 4.23. The van der Waals surface area contributed by atoms with Crippen molar-refractivity contribution in [2.24, 2.45) is 5.92 Å². The molecule has 0 spiro atoms. The van der Waals surface area contributed by atoms with Crippen molar-refractivity contribution >= 4 is 41.1 Å². The second kappa shape index (κ2) is 20.6. The lowest BCUT2D eigenvalue weighted by molar-refractivity contribution is -0.153. The molecular weight excluding hydrogens is 556 g/mol. The highest BCUT2D eigenvalue weighted by molar-refractivity contribution is 8.13. The van der Waals surface area contributed by atoms with Gasteiger partial charge in [-0.2, -0.15) is 0 Å². The minimum Gasteiger partial charge on any atom is -0.456 e. The molecule has 3 N–H and O–H groups in total. The molecule has 11 heteroatoms. The number of carbonyl (C=O) groups is 5. The summed E-state index contributed by atoms with van der Waals surface area (Å²) < 4.78 is 5.70. The first-order valence-electron chi connectivity index (χ1n) is 14.7. The molecule has 10 nitrogen and oxygen atoms in total. The number of amides is 3. The molecule has 0 radical (unpaired) electrons. The maximum absolute atomic E-state index is 13.2. The van der Waals surface area contributed by atoms with Gasteiger partial charge in [-0.3, -0.25) is 24.2 Å². The van der Waals surface area contributed by atoms with E-state index in [1.54, 1.807) is 44.3 Å². The van der Waals surface area contributed by atoms with Crippen LogP contribution in [0.4, 0.5) is 0 Å². The third-order valence-electron chi connectivity index (χ3n) is 6.42. The fourth-order valence-corrected chi connectivity index (χ4v) is 4.55. The number of thioether (sulfide) groups is 1. The van der Waals surface area contributed by atoms with E-state index in [0.29, 0.717) is 30.7 Å². The molecule has 0 unspecified atom stereocenters. The van der Waals surface area contributed by atoms with E-state index in [1.807, 2.05) is 6.07 Å². The van der Waals surface area contributed by atoms with Crippen LogP contribution in [0.3, 0.4) is 0 Å². The van der Waals surface area contributed by atoms with Gasteiger partial charge >= 0.3 is 5.97 Å². The number of nitrogens with zero attached hydrogens (tertiary/aromatic N) is 1. The Bertz CT molecular complexity index is 1020. The van der Waals surface area contributed by atoms with Crippen LogP contribution >= 0.6 is 11.8 Å². The van der Waals surface area contributed by atoms with Crippen LogP contribution in [0.1, 0.15) is 91.7 Å². The van der Waals surface area contributed by atoms with E-state index >= 15 is 0 Å². The van der Waals surface area contributed by atoms with Gasteiger partial charge in [-0.15, -0.1) is 0 Å². The number of nitrogens with one attached hydrogen (secondary N) is 3. The number of esters is 1. The van der Waals surface area contributed by atoms with E-state index < -0.39 is 29.6 Å². The maximum atomic E-state index is 13.2. The summed E-state index contributed by atoms with van der Waals surface area (Å²) in [5, 5.41) is 8.03. The van der Waals surface area contributed by atoms with E-state index in [0.717, 1.165) is 19.3 Å². The minimum absolute atomic E-state index is 0.129. The van der Waals surface area contributed by atoms with Gasteiger partial charge in [0.05, 0.1) is 18.7 Å². The number of ether oxygens (including phenoxy) is 1. The van der Waals surface area contributed by atoms with Crippen molar-refractivity contribution in [2.45, 2.75) is 110 Å². The van der Waals surface area contributed by atoms with E-state index in [2.05, 4.69) is 27.9 Å². The molecule has 0 saturated heterocycles. The van der Waals surface area contributed by atoms with Crippen LogP contribution < -0.4 is 16.0 Å². The Hall–Kier alpha value is -3.21. The molecule has 0 aromatic carbocycles. The summed E-state index contributed by atoms with van der Waals surface area (Å²) in [4.78, 5) is 65.8. The van der Waals surface area contributed by atoms with Gasteiger partial charge in [0, 0.05) is 18.4 Å². The third-order valence-corrected chi connectivity index (χ3v) is 7.39. The number of unbranched alkanes of at least 4 members (excludes halogenated alkanes) is 4. The van der Waals surface area contributed by atoms with Crippen LogP contribution in [-0.2, 0) is 35.3 Å². The standard InChI is InChI=1S/C31H48N4O6S/c1-6-7-8-9-10-17-27(38)42-19-14-12-16-25(20-26(37)33-21-24-15-11-13-18-32-24)41-29(39)28(23(2)3)35-30(40)31(4,5)34-22-36/h11-13,15-16,18,22-23,25,28H,6-10,14,17,19-21H2,1-5H3,(H,33,37)(H,34,36)(H,35,40)/b16-12+/t25-,28+/m1/s1. The van der Waals surface area contributed by atoms with Crippen molar-refractivity contribution in [1.82, 2.24) is 20.9 Å². The van der Waals surface area contributed by atoms with Crippen molar-refractivity contribution < 1.29 is 28.7 Å². The summed E-state index contributed by atoms with van der Waals surface area (Å²) in [7, 11) is 0. The average Bonchev–Trinajstić information content (AvgIpc) is 2.94. The Labute approximate surface area is 254 Å². The predicted molar refractivity (Wildman–Crippen MR) is 165 cm³/mol. The zero-order valence-corrected chi connectivity index (χ0v) is 26.5. The molecule has 234 valence electrons. The number of hydrogen-bond donors (Lipinski definition) is 3. The molecule has 2 atom stereocenters. The molecule has 0 aliphatic rings. The van der Waals surface area contributed by atoms with Gasteiger partial charge in [0.2, 0.25) is 18.2 Å². The average molecular weight is 605 g/mol. The summed E-state index contributed by atoms with van der Waals surface area (Å²) in [6.45, 7) is 8.94. The fourth-order valence-electron chi connectivity index (χ4n) is 3.78. The Morgan fingerprint density at radius 1 is 1.10 bits per heavy atom. The molecule has 1 rings (SSSR count). The van der Waals surface area contributed by atoms with Crippen LogP contribution in [-0.4, -0.2) is 57.7 Å². The van der Waals surface area contributed by atoms with Gasteiger partial charge in [-0.25, -0.2) is 4.79 Å². The van der Waals surface area contributed by atoms with Gasteiger partial charge in [0.1, 0.15) is 17.7 Å². The second-order valence-corrected chi connectivity index (χ2v) is 12.1. The van der Waals surface area contributed by atoms with E-state index in [1.165, 1.54) is 38.5 Å². The molecule has 3 amide bonds. The lowest BCUT2D eigenvalue weighted by atomic mass is 10.00. The van der Waals surface area contributed by atoms with Gasteiger partial charge in [-0.05, 0) is 50.8 Å². The highest BCUT2D eigenvalue weighted by Crippen LogP contribution is 2.15. The van der Waals surface area contributed by atoms with Crippen LogP contribution in [0, 0.1) is 5.92 Å². The largest absolute Gasteiger partial charge is 0.456 e. The lowest BCUT2D eigenvalue weighted by Gasteiger charge is -2.28. The molecule has 1 heterocycles. The molecule has 0 aliphatic carbocycles. The normalized spacial score (nSPS) is 12.9. The number of rotatable bonds is 21. The second-order valence-electron chi connectivity index (χ2n) is 11.0. The van der Waals surface area contributed by atoms with Crippen molar-refractivity contribution in [3.05, 3.63) is 42.2 Å². The zero-order chi connectivity index (χ0) is 31.4. The minimum atomic E-state index is -1.23. The third kappa shape index (κ3) is 15.7. The number of allylic oxidation sites excluding steroid dienone is 1. The molecule has 1 aromatic rings. The first kappa shape index (κ1) is 36.8. The highest BCUT2D eigenvalue weighted by Gasteiger charge is 2.34. The SMILES string of the molecule is CCCCCCCC(=O)SCC/C=C/[C@H](CC(=O)NCc1ccccn1)OC(=O)[C@@H](NC(=O)C(C)(C)NC=O)C(C)C. The van der Waals surface area contributed by atoms with Crippen molar-refractivity contribution in [2.75, 3.05) is 5.75 Å². The zero-order valence-electron chi connectivity index (χ0n) is 25.6. The maximum Gasteiger partial charge on any atom is 0.329 e. The Morgan fingerprint density at radius 2 is 1.83 bits per heavy atom. The van der Waals surface area contributed by atoms with Crippen molar-refractivity contribution in [1.29, 1.82) is 0 Å². The molecule has 0 aliphatic heterocycles. The van der Waals surface area contributed by atoms with Crippen LogP contribution in [0.15, 0.2) is 36.5 Å². The van der Waals surface area contributed by atoms with E-state index in [9.17, 15) is 24.0 Å². The van der Waals surface area contributed by atoms with E-state index in [-0.39, 0.29) is 29.9 Å². The van der Waals surface area contributed by atoms with Crippen LogP contribution in [0.2, 0.25) is 0 Å². The monoisotopic (exact) mass is 604 g/mol. The molecular formula is C31H48N4O6S. The van der Waals surface area contributed by atoms with Crippen LogP contribution in [0.5, 0.6) is 0 Å². The topological polar surface area (TPSA) is 144 Å². The Kier molecular flexibility index (Phi) is 18.1. The number of hydrogen-bond acceptors (Lipinski definition) is 8. The van der Waals surface area contributed by atoms with Gasteiger partial charge in [0.15, 0.2) is 5.12 Å². The summed E-state index contributed by atoms with van der Waals surface area (Å²) in [6, 6.07) is 4.40. The lowest BCUT2D eigenvalue weighted by Crippen LogP contribution is -2.57. The molecule has 1 aromatic heterocycles. The summed E-state index contributed by atoms with van der Waals surface area (Å²) in [5.74, 6) is -1.31. The molecule has 0 fully saturated rings.